The molecule has 2 aromatic carbocycles. The maximum Gasteiger partial charge on any atom is 0.124 e. The van der Waals surface area contributed by atoms with E-state index in [1.165, 1.54) is 11.6 Å². The van der Waals surface area contributed by atoms with Crippen molar-refractivity contribution in [3.05, 3.63) is 71.5 Å². The molecule has 0 saturated carbocycles. The van der Waals surface area contributed by atoms with Crippen LogP contribution in [0, 0.1) is 5.82 Å². The number of pyridine rings is 1. The topological polar surface area (TPSA) is 55.5 Å². The zero-order valence-corrected chi connectivity index (χ0v) is 13.0. The summed E-state index contributed by atoms with van der Waals surface area (Å²) in [5.41, 5.74) is 8.99. The van der Waals surface area contributed by atoms with Crippen LogP contribution in [0.1, 0.15) is 11.1 Å². The molecule has 4 heteroatoms. The number of anilines is 1. The van der Waals surface area contributed by atoms with Crippen molar-refractivity contribution in [1.82, 2.24) is 4.98 Å². The van der Waals surface area contributed by atoms with Crippen molar-refractivity contribution in [2.24, 2.45) is 0 Å². The normalized spacial score (nSPS) is 11.0. The Bertz CT molecular complexity index is 801. The summed E-state index contributed by atoms with van der Waals surface area (Å²) < 4.78 is 13.1. The van der Waals surface area contributed by atoms with Gasteiger partial charge in [0.05, 0.1) is 18.6 Å². The number of rotatable bonds is 6. The second-order valence-electron chi connectivity index (χ2n) is 5.76. The van der Waals surface area contributed by atoms with Crippen LogP contribution in [0.3, 0.4) is 0 Å². The maximum atomic E-state index is 13.1. The summed E-state index contributed by atoms with van der Waals surface area (Å²) >= 11 is 0. The predicted molar refractivity (Wildman–Crippen MR) is 91.6 cm³/mol. The van der Waals surface area contributed by atoms with Gasteiger partial charge in [-0.05, 0) is 41.5 Å². The van der Waals surface area contributed by atoms with Crippen molar-refractivity contribution in [1.29, 1.82) is 0 Å². The summed E-state index contributed by atoms with van der Waals surface area (Å²) in [6, 6.07) is 17.0. The standard InChI is InChI=1S/C19H20FN3/c20-17-3-1-2-14(12-17)8-10-22-11-9-15-4-5-16-6-7-19(21)23-18(16)13-15/h1-7,12-13,22H,8-11H2,(H2,21,23)/p+1. The molecule has 0 aliphatic carbocycles. The summed E-state index contributed by atoms with van der Waals surface area (Å²) in [6.45, 7) is 1.96. The average molecular weight is 310 g/mol. The number of aromatic nitrogens is 1. The first kappa shape index (κ1) is 15.4. The predicted octanol–water partition coefficient (Wildman–Crippen LogP) is 2.30. The highest BCUT2D eigenvalue weighted by Crippen LogP contribution is 2.15. The van der Waals surface area contributed by atoms with Crippen LogP contribution in [-0.4, -0.2) is 18.1 Å². The van der Waals surface area contributed by atoms with Crippen LogP contribution >= 0.6 is 0 Å². The molecule has 0 radical (unpaired) electrons. The van der Waals surface area contributed by atoms with Crippen molar-refractivity contribution in [2.75, 3.05) is 18.8 Å². The Kier molecular flexibility index (Phi) is 4.83. The minimum Gasteiger partial charge on any atom is -0.384 e. The third-order valence-electron chi connectivity index (χ3n) is 3.94. The SMILES string of the molecule is Nc1ccc2ccc(CC[NH2+]CCc3cccc(F)c3)cc2n1. The zero-order valence-electron chi connectivity index (χ0n) is 13.0. The summed E-state index contributed by atoms with van der Waals surface area (Å²) in [7, 11) is 0. The lowest BCUT2D eigenvalue weighted by atomic mass is 10.1. The third kappa shape index (κ3) is 4.27. The first-order valence-electron chi connectivity index (χ1n) is 7.92. The molecule has 4 N–H and O–H groups in total. The van der Waals surface area contributed by atoms with Crippen LogP contribution in [-0.2, 0) is 12.8 Å². The largest absolute Gasteiger partial charge is 0.384 e. The monoisotopic (exact) mass is 310 g/mol. The second-order valence-corrected chi connectivity index (χ2v) is 5.76. The summed E-state index contributed by atoms with van der Waals surface area (Å²) in [5.74, 6) is 0.391. The van der Waals surface area contributed by atoms with E-state index in [-0.39, 0.29) is 5.82 Å². The lowest BCUT2D eigenvalue weighted by Crippen LogP contribution is -2.85. The zero-order chi connectivity index (χ0) is 16.1. The Morgan fingerprint density at radius 3 is 2.43 bits per heavy atom. The van der Waals surface area contributed by atoms with Gasteiger partial charge in [-0.1, -0.05) is 24.3 Å². The Hall–Kier alpha value is -2.46. The van der Waals surface area contributed by atoms with E-state index in [9.17, 15) is 4.39 Å². The molecule has 0 fully saturated rings. The van der Waals surface area contributed by atoms with Crippen LogP contribution in [0.25, 0.3) is 10.9 Å². The number of hydrogen-bond donors (Lipinski definition) is 2. The quantitative estimate of drug-likeness (QED) is 0.687. The molecule has 118 valence electrons. The van der Waals surface area contributed by atoms with Crippen molar-refractivity contribution in [3.63, 3.8) is 0 Å². The van der Waals surface area contributed by atoms with Gasteiger partial charge >= 0.3 is 0 Å². The van der Waals surface area contributed by atoms with Crippen LogP contribution in [0.15, 0.2) is 54.6 Å². The van der Waals surface area contributed by atoms with E-state index in [4.69, 9.17) is 5.73 Å². The molecule has 23 heavy (non-hydrogen) atoms. The van der Waals surface area contributed by atoms with E-state index in [0.717, 1.165) is 42.4 Å². The molecule has 0 aliphatic rings. The van der Waals surface area contributed by atoms with Gasteiger partial charge in [-0.2, -0.15) is 0 Å². The summed E-state index contributed by atoms with van der Waals surface area (Å²) in [4.78, 5) is 4.36. The minimum absolute atomic E-state index is 0.162. The highest BCUT2D eigenvalue weighted by Gasteiger charge is 2.01. The fraction of sp³-hybridized carbons (Fsp3) is 0.211. The van der Waals surface area contributed by atoms with E-state index in [0.29, 0.717) is 5.82 Å². The maximum absolute atomic E-state index is 13.1. The Labute approximate surface area is 135 Å². The molecule has 3 aromatic rings. The lowest BCUT2D eigenvalue weighted by molar-refractivity contribution is -0.653. The van der Waals surface area contributed by atoms with Crippen molar-refractivity contribution < 1.29 is 9.71 Å². The van der Waals surface area contributed by atoms with E-state index >= 15 is 0 Å². The van der Waals surface area contributed by atoms with Gasteiger partial charge < -0.3 is 11.1 Å². The summed E-state index contributed by atoms with van der Waals surface area (Å²) in [5, 5.41) is 3.38. The fourth-order valence-electron chi connectivity index (χ4n) is 2.71. The van der Waals surface area contributed by atoms with Crippen LogP contribution in [0.2, 0.25) is 0 Å². The van der Waals surface area contributed by atoms with Crippen molar-refractivity contribution >= 4 is 16.7 Å². The molecule has 0 bridgehead atoms. The van der Waals surface area contributed by atoms with E-state index in [1.807, 2.05) is 18.2 Å². The van der Waals surface area contributed by atoms with Gasteiger partial charge in [0.25, 0.3) is 0 Å². The number of benzene rings is 2. The number of nitrogen functional groups attached to an aromatic ring is 1. The van der Waals surface area contributed by atoms with Crippen LogP contribution in [0.4, 0.5) is 10.2 Å². The molecule has 0 saturated heterocycles. The van der Waals surface area contributed by atoms with Crippen molar-refractivity contribution in [2.45, 2.75) is 12.8 Å². The average Bonchev–Trinajstić information content (AvgIpc) is 2.54. The molecule has 0 unspecified atom stereocenters. The molecule has 3 nitrogen and oxygen atoms in total. The van der Waals surface area contributed by atoms with Crippen LogP contribution in [0.5, 0.6) is 0 Å². The first-order chi connectivity index (χ1) is 11.2. The van der Waals surface area contributed by atoms with Gasteiger partial charge in [-0.25, -0.2) is 9.37 Å². The number of quaternary nitrogens is 1. The molecule has 0 amide bonds. The second kappa shape index (κ2) is 7.20. The van der Waals surface area contributed by atoms with Crippen LogP contribution < -0.4 is 11.1 Å². The number of hydrogen-bond acceptors (Lipinski definition) is 2. The van der Waals surface area contributed by atoms with E-state index in [2.05, 4.69) is 28.5 Å². The Morgan fingerprint density at radius 1 is 0.913 bits per heavy atom. The highest BCUT2D eigenvalue weighted by molar-refractivity contribution is 5.80. The molecule has 0 spiro atoms. The molecule has 1 aromatic heterocycles. The number of nitrogens with two attached hydrogens (primary N) is 2. The molecule has 0 aliphatic heterocycles. The van der Waals surface area contributed by atoms with Gasteiger partial charge in [0.15, 0.2) is 0 Å². The highest BCUT2D eigenvalue weighted by atomic mass is 19.1. The molecule has 0 atom stereocenters. The van der Waals surface area contributed by atoms with Crippen molar-refractivity contribution in [3.8, 4) is 0 Å². The molecule has 3 rings (SSSR count). The number of halogens is 1. The van der Waals surface area contributed by atoms with Gasteiger partial charge in [-0.15, -0.1) is 0 Å². The van der Waals surface area contributed by atoms with Gasteiger partial charge in [-0.3, -0.25) is 0 Å². The van der Waals surface area contributed by atoms with E-state index in [1.54, 1.807) is 12.1 Å². The van der Waals surface area contributed by atoms with Gasteiger partial charge in [0.2, 0.25) is 0 Å². The molecular weight excluding hydrogens is 289 g/mol. The number of nitrogens with zero attached hydrogens (tertiary/aromatic N) is 1. The van der Waals surface area contributed by atoms with Gasteiger partial charge in [0, 0.05) is 18.2 Å². The molecular formula is C19H21FN3+. The Morgan fingerprint density at radius 2 is 1.65 bits per heavy atom. The first-order valence-corrected chi connectivity index (χ1v) is 7.92. The lowest BCUT2D eigenvalue weighted by Gasteiger charge is -2.05. The molecule has 1 heterocycles. The fourth-order valence-corrected chi connectivity index (χ4v) is 2.71. The smallest absolute Gasteiger partial charge is 0.124 e. The Balaban J connectivity index is 1.49. The minimum atomic E-state index is -0.162. The number of fused-ring (bicyclic) bond motifs is 1. The summed E-state index contributed by atoms with van der Waals surface area (Å²) in [6.07, 6.45) is 1.86. The third-order valence-corrected chi connectivity index (χ3v) is 3.94. The van der Waals surface area contributed by atoms with E-state index < -0.39 is 0 Å². The van der Waals surface area contributed by atoms with Gasteiger partial charge in [0.1, 0.15) is 11.6 Å².